The largest absolute Gasteiger partial charge is 0.445 e. The van der Waals surface area contributed by atoms with Crippen molar-refractivity contribution in [1.29, 1.82) is 0 Å². The lowest BCUT2D eigenvalue weighted by molar-refractivity contribution is -0.124. The Bertz CT molecular complexity index is 1870. The van der Waals surface area contributed by atoms with Gasteiger partial charge in [-0.2, -0.15) is 0 Å². The number of rotatable bonds is 8. The minimum Gasteiger partial charge on any atom is -0.445 e. The highest BCUT2D eigenvalue weighted by Crippen LogP contribution is 2.28. The summed E-state index contributed by atoms with van der Waals surface area (Å²) in [5.41, 5.74) is 1.17. The standard InChI is InChI=1S/C34H39N5O7S/c1-23-11-13-26(14-12-23)47(43,44)39-18-16-28-31(39)35-19-30(36-28)38(33(42)46-34(3,4)5)21-29(40)27-20-37(17-15-24(27)2)32(41)45-22-25-9-7-6-8-10-25/h6-14,16,18-19,24,27H,15,17,20-22H2,1-5H3. The average Bonchev–Trinajstić information content (AvgIpc) is 3.47. The van der Waals surface area contributed by atoms with Gasteiger partial charge in [0.1, 0.15) is 17.7 Å². The zero-order valence-electron chi connectivity index (χ0n) is 27.1. The second-order valence-corrected chi connectivity index (χ2v) is 14.6. The summed E-state index contributed by atoms with van der Waals surface area (Å²) in [6, 6.07) is 17.3. The summed E-state index contributed by atoms with van der Waals surface area (Å²) >= 11 is 0. The van der Waals surface area contributed by atoms with Gasteiger partial charge in [0.05, 0.1) is 17.6 Å². The van der Waals surface area contributed by atoms with Crippen molar-refractivity contribution in [2.24, 2.45) is 11.8 Å². The van der Waals surface area contributed by atoms with E-state index in [0.29, 0.717) is 13.0 Å². The fourth-order valence-corrected chi connectivity index (χ4v) is 6.62. The topological polar surface area (TPSA) is 141 Å². The SMILES string of the molecule is Cc1ccc(S(=O)(=O)n2ccc3nc(N(CC(=O)C4CN(C(=O)OCc5ccccc5)CCC4C)C(=O)OC(C)(C)C)cnc32)cc1. The molecule has 0 radical (unpaired) electrons. The number of ether oxygens (including phenoxy) is 2. The molecule has 5 rings (SSSR count). The van der Waals surface area contributed by atoms with Gasteiger partial charge in [-0.3, -0.25) is 9.69 Å². The number of ketones is 1. The maximum absolute atomic E-state index is 13.8. The lowest BCUT2D eigenvalue weighted by atomic mass is 9.84. The number of amides is 2. The first-order valence-electron chi connectivity index (χ1n) is 15.4. The van der Waals surface area contributed by atoms with E-state index in [4.69, 9.17) is 9.47 Å². The monoisotopic (exact) mass is 661 g/mol. The van der Waals surface area contributed by atoms with Crippen LogP contribution in [0.15, 0.2) is 78.0 Å². The van der Waals surface area contributed by atoms with E-state index in [-0.39, 0.29) is 53.3 Å². The maximum Gasteiger partial charge on any atom is 0.416 e. The van der Waals surface area contributed by atoms with Crippen molar-refractivity contribution >= 4 is 45.0 Å². The van der Waals surface area contributed by atoms with Crippen molar-refractivity contribution < 1.29 is 32.3 Å². The van der Waals surface area contributed by atoms with Gasteiger partial charge in [-0.1, -0.05) is 55.0 Å². The second-order valence-electron chi connectivity index (χ2n) is 12.8. The van der Waals surface area contributed by atoms with E-state index in [9.17, 15) is 22.8 Å². The van der Waals surface area contributed by atoms with Crippen LogP contribution >= 0.6 is 0 Å². The number of carbonyl (C=O) groups is 3. The third-order valence-electron chi connectivity index (χ3n) is 7.96. The Hall–Kier alpha value is -4.78. The molecule has 2 aromatic heterocycles. The van der Waals surface area contributed by atoms with Crippen molar-refractivity contribution in [3.8, 4) is 0 Å². The van der Waals surface area contributed by atoms with E-state index in [1.54, 1.807) is 32.9 Å². The number of fused-ring (bicyclic) bond motifs is 1. The minimum atomic E-state index is -3.97. The zero-order valence-corrected chi connectivity index (χ0v) is 27.9. The van der Waals surface area contributed by atoms with Crippen LogP contribution in [0, 0.1) is 18.8 Å². The number of hydrogen-bond acceptors (Lipinski definition) is 9. The van der Waals surface area contributed by atoms with Crippen LogP contribution in [0.4, 0.5) is 15.4 Å². The van der Waals surface area contributed by atoms with E-state index in [1.807, 2.05) is 44.2 Å². The van der Waals surface area contributed by atoms with E-state index < -0.39 is 33.7 Å². The Morgan fingerprint density at radius 1 is 1.02 bits per heavy atom. The molecule has 4 aromatic rings. The van der Waals surface area contributed by atoms with Gasteiger partial charge in [-0.05, 0) is 63.8 Å². The molecule has 2 amide bonds. The Morgan fingerprint density at radius 2 is 1.72 bits per heavy atom. The van der Waals surface area contributed by atoms with Gasteiger partial charge in [0.15, 0.2) is 17.2 Å². The second kappa shape index (κ2) is 13.5. The van der Waals surface area contributed by atoms with Crippen LogP contribution in [0.3, 0.4) is 0 Å². The van der Waals surface area contributed by atoms with Gasteiger partial charge in [0, 0.05) is 25.2 Å². The molecular weight excluding hydrogens is 622 g/mol. The van der Waals surface area contributed by atoms with Crippen molar-refractivity contribution in [1.82, 2.24) is 18.8 Å². The highest BCUT2D eigenvalue weighted by molar-refractivity contribution is 7.90. The van der Waals surface area contributed by atoms with Gasteiger partial charge >= 0.3 is 12.2 Å². The molecule has 3 heterocycles. The Balaban J connectivity index is 1.37. The number of hydrogen-bond donors (Lipinski definition) is 0. The molecule has 248 valence electrons. The van der Waals surface area contributed by atoms with Gasteiger partial charge in [-0.15, -0.1) is 0 Å². The molecule has 0 bridgehead atoms. The van der Waals surface area contributed by atoms with Gasteiger partial charge < -0.3 is 14.4 Å². The number of likely N-dealkylation sites (tertiary alicyclic amines) is 1. The summed E-state index contributed by atoms with van der Waals surface area (Å²) in [5, 5.41) is 0. The van der Waals surface area contributed by atoms with Gasteiger partial charge in [-0.25, -0.2) is 31.9 Å². The Kier molecular flexibility index (Phi) is 9.66. The number of aryl methyl sites for hydroxylation is 1. The molecule has 1 aliphatic rings. The third kappa shape index (κ3) is 7.79. The molecule has 0 N–H and O–H groups in total. The molecule has 12 nitrogen and oxygen atoms in total. The highest BCUT2D eigenvalue weighted by Gasteiger charge is 2.37. The lowest BCUT2D eigenvalue weighted by Crippen LogP contribution is -2.49. The molecule has 0 aliphatic carbocycles. The molecule has 2 atom stereocenters. The smallest absolute Gasteiger partial charge is 0.416 e. The zero-order chi connectivity index (χ0) is 33.9. The van der Waals surface area contributed by atoms with Crippen LogP contribution in [-0.4, -0.2) is 70.5 Å². The summed E-state index contributed by atoms with van der Waals surface area (Å²) < 4.78 is 38.9. The third-order valence-corrected chi connectivity index (χ3v) is 9.64. The molecule has 1 fully saturated rings. The molecule has 1 aliphatic heterocycles. The lowest BCUT2D eigenvalue weighted by Gasteiger charge is -2.36. The molecular formula is C34H39N5O7S. The van der Waals surface area contributed by atoms with Crippen molar-refractivity contribution in [3.63, 3.8) is 0 Å². The normalized spacial score (nSPS) is 16.9. The van der Waals surface area contributed by atoms with E-state index in [2.05, 4.69) is 9.97 Å². The minimum absolute atomic E-state index is 0.0215. The van der Waals surface area contributed by atoms with Gasteiger partial charge in [0.25, 0.3) is 10.0 Å². The molecule has 2 aromatic carbocycles. The first-order valence-corrected chi connectivity index (χ1v) is 16.8. The quantitative estimate of drug-likeness (QED) is 0.237. The Morgan fingerprint density at radius 3 is 2.40 bits per heavy atom. The van der Waals surface area contributed by atoms with Crippen LogP contribution in [0.2, 0.25) is 0 Å². The molecule has 0 saturated carbocycles. The fraction of sp³-hybridized carbons (Fsp3) is 0.382. The Labute approximate surface area is 274 Å². The van der Waals surface area contributed by atoms with E-state index >= 15 is 0 Å². The van der Waals surface area contributed by atoms with Crippen molar-refractivity contribution in [2.45, 2.75) is 58.1 Å². The number of anilines is 1. The first-order chi connectivity index (χ1) is 22.2. The number of piperidine rings is 1. The van der Waals surface area contributed by atoms with Gasteiger partial charge in [0.2, 0.25) is 0 Å². The number of benzene rings is 2. The van der Waals surface area contributed by atoms with E-state index in [1.165, 1.54) is 35.5 Å². The molecule has 0 spiro atoms. The summed E-state index contributed by atoms with van der Waals surface area (Å²) in [6.45, 7) is 9.23. The molecule has 13 heteroatoms. The summed E-state index contributed by atoms with van der Waals surface area (Å²) in [4.78, 5) is 51.8. The predicted molar refractivity (Wildman–Crippen MR) is 175 cm³/mol. The fourth-order valence-electron chi connectivity index (χ4n) is 5.32. The van der Waals surface area contributed by atoms with Crippen LogP contribution in [0.25, 0.3) is 11.2 Å². The van der Waals surface area contributed by atoms with Crippen molar-refractivity contribution in [3.05, 3.63) is 84.2 Å². The summed E-state index contributed by atoms with van der Waals surface area (Å²) in [5.74, 6) is -0.898. The average molecular weight is 662 g/mol. The number of Topliss-reactive ketones (excluding diaryl/α,β-unsaturated/α-hetero) is 1. The highest BCUT2D eigenvalue weighted by atomic mass is 32.2. The summed E-state index contributed by atoms with van der Waals surface area (Å²) in [7, 11) is -3.97. The summed E-state index contributed by atoms with van der Waals surface area (Å²) in [6.07, 6.45) is 1.86. The number of carbonyl (C=O) groups excluding carboxylic acids is 3. The molecule has 1 saturated heterocycles. The van der Waals surface area contributed by atoms with Crippen LogP contribution in [0.1, 0.15) is 45.2 Å². The first kappa shape index (κ1) is 33.6. The van der Waals surface area contributed by atoms with E-state index in [0.717, 1.165) is 20.0 Å². The molecule has 47 heavy (non-hydrogen) atoms. The maximum atomic E-state index is 13.8. The van der Waals surface area contributed by atoms with Crippen LogP contribution < -0.4 is 4.90 Å². The van der Waals surface area contributed by atoms with Crippen molar-refractivity contribution in [2.75, 3.05) is 24.5 Å². The predicted octanol–water partition coefficient (Wildman–Crippen LogP) is 5.58. The number of aromatic nitrogens is 3. The molecule has 2 unspecified atom stereocenters. The van der Waals surface area contributed by atoms with Crippen LogP contribution in [0.5, 0.6) is 0 Å². The number of nitrogens with zero attached hydrogens (tertiary/aromatic N) is 5. The van der Waals surface area contributed by atoms with Crippen LogP contribution in [-0.2, 0) is 30.9 Å².